The van der Waals surface area contributed by atoms with Gasteiger partial charge in [-0.25, -0.2) is 4.39 Å². The van der Waals surface area contributed by atoms with Crippen molar-refractivity contribution >= 4 is 23.2 Å². The second-order valence-corrected chi connectivity index (χ2v) is 9.01. The first-order valence-corrected chi connectivity index (χ1v) is 11.4. The van der Waals surface area contributed by atoms with E-state index in [4.69, 9.17) is 23.2 Å². The normalized spacial score (nSPS) is 13.4. The molecule has 0 amide bonds. The maximum atomic E-state index is 14.6. The molecule has 4 aromatic rings. The van der Waals surface area contributed by atoms with Gasteiger partial charge < -0.3 is 0 Å². The summed E-state index contributed by atoms with van der Waals surface area (Å²) < 4.78 is 55.7. The van der Waals surface area contributed by atoms with Crippen molar-refractivity contribution in [2.75, 3.05) is 0 Å². The molecule has 0 fully saturated rings. The van der Waals surface area contributed by atoms with Crippen molar-refractivity contribution in [2.45, 2.75) is 24.7 Å². The van der Waals surface area contributed by atoms with Crippen molar-refractivity contribution in [3.63, 3.8) is 0 Å². The number of nitrogens with zero attached hydrogens (tertiary/aromatic N) is 1. The van der Waals surface area contributed by atoms with E-state index in [1.165, 1.54) is 6.20 Å². The lowest BCUT2D eigenvalue weighted by atomic mass is 9.79. The highest BCUT2D eigenvalue weighted by atomic mass is 35.5. The molecule has 1 atom stereocenters. The number of hydrogen-bond donors (Lipinski definition) is 1. The second-order valence-electron chi connectivity index (χ2n) is 8.14. The zero-order valence-electron chi connectivity index (χ0n) is 18.3. The van der Waals surface area contributed by atoms with Crippen molar-refractivity contribution in [3.05, 3.63) is 135 Å². The quantitative estimate of drug-likeness (QED) is 0.252. The Morgan fingerprint density at radius 2 is 1.46 bits per heavy atom. The van der Waals surface area contributed by atoms with Crippen LogP contribution in [0.15, 0.2) is 91.1 Å². The highest BCUT2D eigenvalue weighted by Crippen LogP contribution is 2.38. The molecule has 3 aromatic carbocycles. The molecule has 2 nitrogen and oxygen atoms in total. The van der Waals surface area contributed by atoms with Gasteiger partial charge in [-0.2, -0.15) is 13.2 Å². The van der Waals surface area contributed by atoms with E-state index in [-0.39, 0.29) is 18.5 Å². The third-order valence-corrected chi connectivity index (χ3v) is 6.14. The minimum Gasteiger partial charge on any atom is -0.298 e. The molecule has 8 heteroatoms. The van der Waals surface area contributed by atoms with Crippen LogP contribution < -0.4 is 5.32 Å². The van der Waals surface area contributed by atoms with Gasteiger partial charge in [0.2, 0.25) is 0 Å². The minimum absolute atomic E-state index is 0.0885. The SMILES string of the molecule is Fc1cc(C(F)(F)F)cc(C(Cc2ccccc2)(NCc2cccc(Cl)c2)c2ccc(Cl)cn2)c1. The smallest absolute Gasteiger partial charge is 0.298 e. The van der Waals surface area contributed by atoms with E-state index in [0.29, 0.717) is 21.8 Å². The predicted molar refractivity (Wildman–Crippen MR) is 130 cm³/mol. The third-order valence-electron chi connectivity index (χ3n) is 5.68. The van der Waals surface area contributed by atoms with Crippen LogP contribution in [0.3, 0.4) is 0 Å². The monoisotopic (exact) mass is 518 g/mol. The van der Waals surface area contributed by atoms with Gasteiger partial charge in [-0.1, -0.05) is 65.7 Å². The third kappa shape index (κ3) is 6.01. The summed E-state index contributed by atoms with van der Waals surface area (Å²) in [5.74, 6) is -0.995. The summed E-state index contributed by atoms with van der Waals surface area (Å²) in [5, 5.41) is 4.27. The first kappa shape index (κ1) is 25.2. The summed E-state index contributed by atoms with van der Waals surface area (Å²) in [6.07, 6.45) is -3.11. The van der Waals surface area contributed by atoms with Crippen LogP contribution in [-0.2, 0) is 24.7 Å². The number of rotatable bonds is 7. The van der Waals surface area contributed by atoms with Crippen LogP contribution in [-0.4, -0.2) is 4.98 Å². The van der Waals surface area contributed by atoms with Gasteiger partial charge in [0, 0.05) is 24.2 Å². The minimum atomic E-state index is -4.73. The number of pyridine rings is 1. The molecule has 0 aliphatic rings. The number of alkyl halides is 3. The molecule has 0 bridgehead atoms. The van der Waals surface area contributed by atoms with E-state index in [1.54, 1.807) is 30.3 Å². The highest BCUT2D eigenvalue weighted by molar-refractivity contribution is 6.30. The Bertz CT molecular complexity index is 1290. The molecule has 1 heterocycles. The predicted octanol–water partition coefficient (Wildman–Crippen LogP) is 7.82. The van der Waals surface area contributed by atoms with Crippen LogP contribution in [0.4, 0.5) is 17.6 Å². The molecule has 0 saturated heterocycles. The molecule has 0 saturated carbocycles. The first-order chi connectivity index (χ1) is 16.7. The number of nitrogens with one attached hydrogen (secondary N) is 1. The maximum Gasteiger partial charge on any atom is 0.416 e. The molecule has 1 N–H and O–H groups in total. The average molecular weight is 519 g/mol. The molecule has 4 rings (SSSR count). The summed E-state index contributed by atoms with van der Waals surface area (Å²) >= 11 is 12.2. The molecule has 1 aromatic heterocycles. The number of aromatic nitrogens is 1. The van der Waals surface area contributed by atoms with Crippen LogP contribution in [0.25, 0.3) is 0 Å². The Balaban J connectivity index is 1.93. The van der Waals surface area contributed by atoms with Crippen molar-refractivity contribution in [1.82, 2.24) is 10.3 Å². The Morgan fingerprint density at radius 1 is 0.743 bits per heavy atom. The van der Waals surface area contributed by atoms with Gasteiger partial charge in [-0.3, -0.25) is 10.3 Å². The Hall–Kier alpha value is -2.93. The van der Waals surface area contributed by atoms with Gasteiger partial charge in [0.05, 0.1) is 21.8 Å². The fraction of sp³-hybridized carbons (Fsp3) is 0.148. The molecule has 1 unspecified atom stereocenters. The van der Waals surface area contributed by atoms with Crippen LogP contribution >= 0.6 is 23.2 Å². The second kappa shape index (κ2) is 10.4. The highest BCUT2D eigenvalue weighted by Gasteiger charge is 2.39. The van der Waals surface area contributed by atoms with E-state index in [2.05, 4.69) is 10.3 Å². The number of hydrogen-bond acceptors (Lipinski definition) is 2. The van der Waals surface area contributed by atoms with E-state index < -0.39 is 23.1 Å². The molecule has 180 valence electrons. The molecule has 0 aliphatic heterocycles. The van der Waals surface area contributed by atoms with Crippen LogP contribution in [0.1, 0.15) is 27.9 Å². The summed E-state index contributed by atoms with van der Waals surface area (Å²) in [4.78, 5) is 4.45. The van der Waals surface area contributed by atoms with Crippen molar-refractivity contribution in [3.8, 4) is 0 Å². The van der Waals surface area contributed by atoms with Gasteiger partial charge in [-0.05, 0) is 59.2 Å². The standard InChI is InChI=1S/C27H20Cl2F4N2/c28-22-8-4-7-19(11-22)16-35-26(15-18-5-2-1-3-6-18,25-10-9-23(29)17-34-25)20-12-21(27(31,32)33)14-24(30)13-20/h1-14,17,35H,15-16H2. The summed E-state index contributed by atoms with van der Waals surface area (Å²) in [6.45, 7) is 0.232. The maximum absolute atomic E-state index is 14.6. The van der Waals surface area contributed by atoms with Gasteiger partial charge >= 0.3 is 6.18 Å². The fourth-order valence-corrected chi connectivity index (χ4v) is 4.35. The van der Waals surface area contributed by atoms with E-state index in [0.717, 1.165) is 23.3 Å². The van der Waals surface area contributed by atoms with Crippen molar-refractivity contribution in [1.29, 1.82) is 0 Å². The van der Waals surface area contributed by atoms with Crippen molar-refractivity contribution in [2.24, 2.45) is 0 Å². The Labute approximate surface area is 210 Å². The zero-order chi connectivity index (χ0) is 25.1. The van der Waals surface area contributed by atoms with Gasteiger partial charge in [-0.15, -0.1) is 0 Å². The molecule has 0 radical (unpaired) electrons. The van der Waals surface area contributed by atoms with Crippen molar-refractivity contribution < 1.29 is 17.6 Å². The molecule has 0 spiro atoms. The lowest BCUT2D eigenvalue weighted by Gasteiger charge is -2.36. The molecular formula is C27H20Cl2F4N2. The Morgan fingerprint density at radius 3 is 2.11 bits per heavy atom. The topological polar surface area (TPSA) is 24.9 Å². The summed E-state index contributed by atoms with van der Waals surface area (Å²) in [7, 11) is 0. The Kier molecular flexibility index (Phi) is 7.45. The lowest BCUT2D eigenvalue weighted by Crippen LogP contribution is -2.46. The van der Waals surface area contributed by atoms with E-state index in [1.807, 2.05) is 36.4 Å². The van der Waals surface area contributed by atoms with Gasteiger partial charge in [0.25, 0.3) is 0 Å². The van der Waals surface area contributed by atoms with E-state index in [9.17, 15) is 17.6 Å². The van der Waals surface area contributed by atoms with E-state index >= 15 is 0 Å². The molecular weight excluding hydrogens is 499 g/mol. The van der Waals surface area contributed by atoms with Crippen LogP contribution in [0.2, 0.25) is 10.0 Å². The summed E-state index contributed by atoms with van der Waals surface area (Å²) in [6, 6.07) is 22.1. The zero-order valence-corrected chi connectivity index (χ0v) is 19.8. The summed E-state index contributed by atoms with van der Waals surface area (Å²) in [5.41, 5.74) is -0.298. The van der Waals surface area contributed by atoms with Crippen LogP contribution in [0, 0.1) is 5.82 Å². The van der Waals surface area contributed by atoms with Crippen LogP contribution in [0.5, 0.6) is 0 Å². The van der Waals surface area contributed by atoms with Gasteiger partial charge in [0.1, 0.15) is 5.82 Å². The fourth-order valence-electron chi connectivity index (χ4n) is 4.03. The molecule has 35 heavy (non-hydrogen) atoms. The number of halogens is 6. The number of benzene rings is 3. The largest absolute Gasteiger partial charge is 0.416 e. The average Bonchev–Trinajstić information content (AvgIpc) is 2.82. The lowest BCUT2D eigenvalue weighted by molar-refractivity contribution is -0.137. The van der Waals surface area contributed by atoms with Gasteiger partial charge in [0.15, 0.2) is 0 Å². The molecule has 0 aliphatic carbocycles. The first-order valence-electron chi connectivity index (χ1n) is 10.7.